The summed E-state index contributed by atoms with van der Waals surface area (Å²) < 4.78 is 0. The number of halogens is 2. The van der Waals surface area contributed by atoms with Gasteiger partial charge in [-0.3, -0.25) is 9.59 Å². The molecule has 0 unspecified atom stereocenters. The van der Waals surface area contributed by atoms with Gasteiger partial charge >= 0.3 is 0 Å². The molecule has 1 aliphatic rings. The van der Waals surface area contributed by atoms with Crippen LogP contribution < -0.4 is 10.2 Å². The zero-order valence-corrected chi connectivity index (χ0v) is 13.9. The molecule has 0 aromatic heterocycles. The lowest BCUT2D eigenvalue weighted by Crippen LogP contribution is -2.34. The molecule has 1 N–H and O–H groups in total. The number of hydrogen-bond acceptors (Lipinski definition) is 3. The Morgan fingerprint density at radius 1 is 1.04 bits per heavy atom. The van der Waals surface area contributed by atoms with Crippen molar-refractivity contribution in [3.05, 3.63) is 58.1 Å². The van der Waals surface area contributed by atoms with E-state index in [1.54, 1.807) is 12.1 Å². The maximum absolute atomic E-state index is 12.6. The van der Waals surface area contributed by atoms with Crippen LogP contribution in [0, 0.1) is 6.92 Å². The van der Waals surface area contributed by atoms with E-state index in [9.17, 15) is 9.59 Å². The normalized spacial score (nSPS) is 17.7. The fourth-order valence-corrected chi connectivity index (χ4v) is 2.78. The predicted octanol–water partition coefficient (Wildman–Crippen LogP) is 4.05. The molecule has 2 aromatic rings. The molecule has 1 fully saturated rings. The monoisotopic (exact) mass is 348 g/mol. The summed E-state index contributed by atoms with van der Waals surface area (Å²) in [5.74, 6) is -0.563. The minimum atomic E-state index is -0.584. The lowest BCUT2D eigenvalue weighted by atomic mass is 10.2. The van der Waals surface area contributed by atoms with Crippen molar-refractivity contribution in [1.82, 2.24) is 0 Å². The molecule has 23 heavy (non-hydrogen) atoms. The molecule has 0 saturated carbocycles. The molecule has 4 nitrogen and oxygen atoms in total. The lowest BCUT2D eigenvalue weighted by Gasteiger charge is -2.16. The molecule has 6 heteroatoms. The molecular weight excluding hydrogens is 335 g/mol. The van der Waals surface area contributed by atoms with Crippen LogP contribution in [0.2, 0.25) is 10.0 Å². The Morgan fingerprint density at radius 2 is 1.74 bits per heavy atom. The van der Waals surface area contributed by atoms with E-state index in [0.29, 0.717) is 15.7 Å². The van der Waals surface area contributed by atoms with Gasteiger partial charge in [0.1, 0.15) is 6.04 Å². The van der Waals surface area contributed by atoms with E-state index < -0.39 is 6.04 Å². The number of imide groups is 1. The van der Waals surface area contributed by atoms with Gasteiger partial charge in [0.25, 0.3) is 5.91 Å². The van der Waals surface area contributed by atoms with Crippen LogP contribution in [0.1, 0.15) is 12.0 Å². The lowest BCUT2D eigenvalue weighted by molar-refractivity contribution is -0.121. The third-order valence-corrected chi connectivity index (χ3v) is 4.44. The van der Waals surface area contributed by atoms with E-state index in [2.05, 4.69) is 5.32 Å². The second-order valence-electron chi connectivity index (χ2n) is 5.43. The molecule has 2 amide bonds. The topological polar surface area (TPSA) is 49.4 Å². The second-order valence-corrected chi connectivity index (χ2v) is 6.25. The van der Waals surface area contributed by atoms with Gasteiger partial charge in [-0.25, -0.2) is 4.90 Å². The number of hydrogen-bond donors (Lipinski definition) is 1. The largest absolute Gasteiger partial charge is 0.373 e. The van der Waals surface area contributed by atoms with Gasteiger partial charge in [-0.15, -0.1) is 0 Å². The fraction of sp³-hybridized carbons (Fsp3) is 0.176. The molecule has 3 rings (SSSR count). The van der Waals surface area contributed by atoms with Crippen LogP contribution in [0.5, 0.6) is 0 Å². The molecular formula is C17H14Cl2N2O2. The first kappa shape index (κ1) is 15.8. The van der Waals surface area contributed by atoms with Gasteiger partial charge in [0.15, 0.2) is 0 Å². The first-order valence-corrected chi connectivity index (χ1v) is 7.86. The summed E-state index contributed by atoms with van der Waals surface area (Å²) in [5.41, 5.74) is 2.36. The first-order chi connectivity index (χ1) is 11.0. The maximum Gasteiger partial charge on any atom is 0.256 e. The zero-order chi connectivity index (χ0) is 16.6. The highest BCUT2D eigenvalue weighted by Crippen LogP contribution is 2.30. The Morgan fingerprint density at radius 3 is 2.39 bits per heavy atom. The Labute approximate surface area is 144 Å². The molecule has 2 aromatic carbocycles. The molecule has 1 aliphatic heterocycles. The fourth-order valence-electron chi connectivity index (χ4n) is 2.49. The van der Waals surface area contributed by atoms with Crippen LogP contribution in [0.15, 0.2) is 42.5 Å². The van der Waals surface area contributed by atoms with E-state index in [1.165, 1.54) is 6.07 Å². The van der Waals surface area contributed by atoms with Crippen molar-refractivity contribution in [2.24, 2.45) is 0 Å². The third-order valence-electron chi connectivity index (χ3n) is 3.70. The molecule has 0 aliphatic carbocycles. The summed E-state index contributed by atoms with van der Waals surface area (Å²) >= 11 is 11.8. The maximum atomic E-state index is 12.6. The Balaban J connectivity index is 1.82. The van der Waals surface area contributed by atoms with Crippen LogP contribution in [0.25, 0.3) is 0 Å². The Bertz CT molecular complexity index is 775. The van der Waals surface area contributed by atoms with Crippen LogP contribution in [0.4, 0.5) is 11.4 Å². The highest BCUT2D eigenvalue weighted by molar-refractivity contribution is 6.42. The van der Waals surface area contributed by atoms with Gasteiger partial charge in [-0.1, -0.05) is 40.9 Å². The Hall–Kier alpha value is -2.04. The number of aryl methyl sites for hydroxylation is 1. The number of anilines is 2. The van der Waals surface area contributed by atoms with Crippen LogP contribution in [-0.2, 0) is 9.59 Å². The summed E-state index contributed by atoms with van der Waals surface area (Å²) in [7, 11) is 0. The predicted molar refractivity (Wildman–Crippen MR) is 92.2 cm³/mol. The first-order valence-electron chi connectivity index (χ1n) is 7.11. The smallest absolute Gasteiger partial charge is 0.256 e. The number of nitrogens with zero attached hydrogens (tertiary/aromatic N) is 1. The molecule has 0 spiro atoms. The minimum absolute atomic E-state index is 0.104. The van der Waals surface area contributed by atoms with E-state index in [-0.39, 0.29) is 18.2 Å². The van der Waals surface area contributed by atoms with Gasteiger partial charge in [-0.2, -0.15) is 0 Å². The SMILES string of the molecule is Cc1ccc(N[C@@H]2CC(=O)N(c3ccc(Cl)c(Cl)c3)C2=O)cc1. The number of rotatable bonds is 3. The van der Waals surface area contributed by atoms with E-state index in [1.807, 2.05) is 31.2 Å². The van der Waals surface area contributed by atoms with Gasteiger partial charge in [-0.05, 0) is 37.3 Å². The van der Waals surface area contributed by atoms with Gasteiger partial charge in [0.05, 0.1) is 22.2 Å². The van der Waals surface area contributed by atoms with E-state index in [4.69, 9.17) is 23.2 Å². The average Bonchev–Trinajstić information content (AvgIpc) is 2.79. The van der Waals surface area contributed by atoms with Crippen molar-refractivity contribution >= 4 is 46.4 Å². The number of carbonyl (C=O) groups excluding carboxylic acids is 2. The number of benzene rings is 2. The van der Waals surface area contributed by atoms with Gasteiger partial charge in [0, 0.05) is 5.69 Å². The van der Waals surface area contributed by atoms with Crippen molar-refractivity contribution in [3.63, 3.8) is 0 Å². The second kappa shape index (κ2) is 6.22. The van der Waals surface area contributed by atoms with Crippen LogP contribution >= 0.6 is 23.2 Å². The molecule has 1 saturated heterocycles. The van der Waals surface area contributed by atoms with Crippen LogP contribution in [-0.4, -0.2) is 17.9 Å². The standard InChI is InChI=1S/C17H14Cl2N2O2/c1-10-2-4-11(5-3-10)20-15-9-16(22)21(17(15)23)12-6-7-13(18)14(19)8-12/h2-8,15,20H,9H2,1H3/t15-/m1/s1. The van der Waals surface area contributed by atoms with Gasteiger partial charge in [0.2, 0.25) is 5.91 Å². The van der Waals surface area contributed by atoms with E-state index >= 15 is 0 Å². The summed E-state index contributed by atoms with van der Waals surface area (Å²) in [6, 6.07) is 11.8. The van der Waals surface area contributed by atoms with Crippen molar-refractivity contribution < 1.29 is 9.59 Å². The van der Waals surface area contributed by atoms with E-state index in [0.717, 1.165) is 16.2 Å². The quantitative estimate of drug-likeness (QED) is 0.851. The molecule has 1 heterocycles. The average molecular weight is 349 g/mol. The third kappa shape index (κ3) is 3.19. The van der Waals surface area contributed by atoms with Gasteiger partial charge < -0.3 is 5.32 Å². The Kier molecular flexibility index (Phi) is 4.28. The molecule has 118 valence electrons. The van der Waals surface area contributed by atoms with Crippen LogP contribution in [0.3, 0.4) is 0 Å². The van der Waals surface area contributed by atoms with Crippen molar-refractivity contribution in [1.29, 1.82) is 0 Å². The number of carbonyl (C=O) groups is 2. The number of amides is 2. The number of nitrogens with one attached hydrogen (secondary N) is 1. The summed E-state index contributed by atoms with van der Waals surface area (Å²) in [5, 5.41) is 3.79. The van der Waals surface area contributed by atoms with Crippen molar-refractivity contribution in [2.75, 3.05) is 10.2 Å². The summed E-state index contributed by atoms with van der Waals surface area (Å²) in [4.78, 5) is 25.9. The minimum Gasteiger partial charge on any atom is -0.373 e. The molecule has 0 bridgehead atoms. The van der Waals surface area contributed by atoms with Crippen molar-refractivity contribution in [2.45, 2.75) is 19.4 Å². The molecule has 0 radical (unpaired) electrons. The zero-order valence-electron chi connectivity index (χ0n) is 12.3. The van der Waals surface area contributed by atoms with Crippen molar-refractivity contribution in [3.8, 4) is 0 Å². The molecule has 1 atom stereocenters. The summed E-state index contributed by atoms with van der Waals surface area (Å²) in [6.07, 6.45) is 0.104. The highest BCUT2D eigenvalue weighted by atomic mass is 35.5. The highest BCUT2D eigenvalue weighted by Gasteiger charge is 2.39. The summed E-state index contributed by atoms with van der Waals surface area (Å²) in [6.45, 7) is 1.99.